The van der Waals surface area contributed by atoms with Crippen molar-refractivity contribution in [2.24, 2.45) is 0 Å². The Kier molecular flexibility index (Phi) is 3.91. The smallest absolute Gasteiger partial charge is 0.223 e. The first-order valence-electron chi connectivity index (χ1n) is 5.66. The molecule has 5 nitrogen and oxygen atoms in total. The van der Waals surface area contributed by atoms with E-state index in [0.29, 0.717) is 5.13 Å². The summed E-state index contributed by atoms with van der Waals surface area (Å²) < 4.78 is 0. The lowest BCUT2D eigenvalue weighted by molar-refractivity contribution is -0.115. The number of hydrogen-bond donors (Lipinski definition) is 2. The molecule has 0 saturated carbocycles. The van der Waals surface area contributed by atoms with Crippen molar-refractivity contribution < 1.29 is 9.59 Å². The van der Waals surface area contributed by atoms with Crippen molar-refractivity contribution in [1.29, 1.82) is 0 Å². The Morgan fingerprint density at radius 2 is 1.89 bits per heavy atom. The van der Waals surface area contributed by atoms with E-state index < -0.39 is 0 Å². The normalized spacial score (nSPS) is 10.0. The van der Waals surface area contributed by atoms with Crippen molar-refractivity contribution in [1.82, 2.24) is 4.98 Å². The van der Waals surface area contributed by atoms with Crippen LogP contribution in [0.2, 0.25) is 0 Å². The molecule has 2 aromatic rings. The highest BCUT2D eigenvalue weighted by atomic mass is 32.1. The summed E-state index contributed by atoms with van der Waals surface area (Å²) >= 11 is 1.36. The maximum Gasteiger partial charge on any atom is 0.223 e. The third-order valence-electron chi connectivity index (χ3n) is 2.27. The van der Waals surface area contributed by atoms with E-state index in [1.807, 2.05) is 29.6 Å². The molecule has 0 spiro atoms. The molecular formula is C13H13N3O2S. The Balaban J connectivity index is 2.23. The zero-order valence-electron chi connectivity index (χ0n) is 10.6. The summed E-state index contributed by atoms with van der Waals surface area (Å²) in [5.41, 5.74) is 2.37. The number of thiazole rings is 1. The summed E-state index contributed by atoms with van der Waals surface area (Å²) in [6.45, 7) is 2.91. The van der Waals surface area contributed by atoms with E-state index in [9.17, 15) is 9.59 Å². The van der Waals surface area contributed by atoms with Crippen LogP contribution in [0.3, 0.4) is 0 Å². The molecule has 98 valence electrons. The third kappa shape index (κ3) is 3.62. The van der Waals surface area contributed by atoms with E-state index in [-0.39, 0.29) is 11.8 Å². The van der Waals surface area contributed by atoms with E-state index in [0.717, 1.165) is 16.9 Å². The molecule has 2 amide bonds. The Hall–Kier alpha value is -2.21. The van der Waals surface area contributed by atoms with Gasteiger partial charge in [-0.2, -0.15) is 0 Å². The van der Waals surface area contributed by atoms with Crippen molar-refractivity contribution in [3.63, 3.8) is 0 Å². The number of aromatic nitrogens is 1. The lowest BCUT2D eigenvalue weighted by Gasteiger charge is -2.03. The van der Waals surface area contributed by atoms with Crippen LogP contribution in [-0.4, -0.2) is 16.8 Å². The molecule has 6 heteroatoms. The number of carbonyl (C=O) groups is 2. The highest BCUT2D eigenvalue weighted by molar-refractivity contribution is 7.14. The van der Waals surface area contributed by atoms with Crippen LogP contribution >= 0.6 is 11.3 Å². The quantitative estimate of drug-likeness (QED) is 0.904. The van der Waals surface area contributed by atoms with Gasteiger partial charge in [-0.05, 0) is 12.1 Å². The molecule has 19 heavy (non-hydrogen) atoms. The second-order valence-electron chi connectivity index (χ2n) is 3.98. The fourth-order valence-electron chi connectivity index (χ4n) is 1.57. The number of rotatable bonds is 3. The Morgan fingerprint density at radius 3 is 2.58 bits per heavy atom. The largest absolute Gasteiger partial charge is 0.326 e. The molecule has 1 aromatic carbocycles. The van der Waals surface area contributed by atoms with Gasteiger partial charge in [0.15, 0.2) is 5.13 Å². The van der Waals surface area contributed by atoms with Crippen molar-refractivity contribution in [2.75, 3.05) is 10.6 Å². The minimum absolute atomic E-state index is 0.116. The zero-order chi connectivity index (χ0) is 13.8. The Morgan fingerprint density at radius 1 is 1.16 bits per heavy atom. The Bertz CT molecular complexity index is 622. The summed E-state index contributed by atoms with van der Waals surface area (Å²) in [5, 5.41) is 7.78. The lowest BCUT2D eigenvalue weighted by Crippen LogP contribution is -2.05. The van der Waals surface area contributed by atoms with Crippen molar-refractivity contribution in [3.05, 3.63) is 29.6 Å². The molecule has 0 saturated heterocycles. The number of nitrogens with one attached hydrogen (secondary N) is 2. The van der Waals surface area contributed by atoms with Gasteiger partial charge >= 0.3 is 0 Å². The van der Waals surface area contributed by atoms with Crippen molar-refractivity contribution in [2.45, 2.75) is 13.8 Å². The predicted octanol–water partition coefficient (Wildman–Crippen LogP) is 2.73. The molecule has 0 radical (unpaired) electrons. The second kappa shape index (κ2) is 5.62. The van der Waals surface area contributed by atoms with Crippen LogP contribution in [0, 0.1) is 0 Å². The summed E-state index contributed by atoms with van der Waals surface area (Å²) in [6, 6.07) is 7.40. The van der Waals surface area contributed by atoms with Crippen LogP contribution in [-0.2, 0) is 9.59 Å². The van der Waals surface area contributed by atoms with E-state index in [2.05, 4.69) is 15.6 Å². The van der Waals surface area contributed by atoms with Gasteiger partial charge in [0.25, 0.3) is 0 Å². The SMILES string of the molecule is CC(=O)Nc1cccc(-c2csc(NC(C)=O)n2)c1. The molecule has 0 atom stereocenters. The summed E-state index contributed by atoms with van der Waals surface area (Å²) in [6.07, 6.45) is 0. The van der Waals surface area contributed by atoms with E-state index in [1.165, 1.54) is 25.2 Å². The van der Waals surface area contributed by atoms with E-state index >= 15 is 0 Å². The van der Waals surface area contributed by atoms with Crippen LogP contribution in [0.15, 0.2) is 29.6 Å². The predicted molar refractivity (Wildman–Crippen MR) is 76.2 cm³/mol. The van der Waals surface area contributed by atoms with Gasteiger partial charge in [-0.1, -0.05) is 12.1 Å². The minimum Gasteiger partial charge on any atom is -0.326 e. The molecule has 2 N–H and O–H groups in total. The zero-order valence-corrected chi connectivity index (χ0v) is 11.4. The summed E-state index contributed by atoms with van der Waals surface area (Å²) in [4.78, 5) is 26.3. The van der Waals surface area contributed by atoms with Gasteiger partial charge in [0.2, 0.25) is 11.8 Å². The third-order valence-corrected chi connectivity index (χ3v) is 3.02. The van der Waals surface area contributed by atoms with Gasteiger partial charge in [0, 0.05) is 30.5 Å². The number of anilines is 2. The van der Waals surface area contributed by atoms with Gasteiger partial charge in [0.05, 0.1) is 5.69 Å². The fraction of sp³-hybridized carbons (Fsp3) is 0.154. The molecule has 0 fully saturated rings. The van der Waals surface area contributed by atoms with Crippen molar-refractivity contribution in [3.8, 4) is 11.3 Å². The Labute approximate surface area is 114 Å². The maximum absolute atomic E-state index is 11.0. The lowest BCUT2D eigenvalue weighted by atomic mass is 10.1. The number of benzene rings is 1. The van der Waals surface area contributed by atoms with Gasteiger partial charge in [-0.3, -0.25) is 9.59 Å². The van der Waals surface area contributed by atoms with Crippen LogP contribution in [0.1, 0.15) is 13.8 Å². The van der Waals surface area contributed by atoms with Crippen molar-refractivity contribution >= 4 is 34.0 Å². The highest BCUT2D eigenvalue weighted by Gasteiger charge is 2.06. The standard InChI is InChI=1S/C13H13N3O2S/c1-8(17)14-11-5-3-4-10(6-11)12-7-19-13(16-12)15-9(2)18/h3-7H,1-2H3,(H,14,17)(H,15,16,18). The second-order valence-corrected chi connectivity index (χ2v) is 4.84. The fourth-order valence-corrected chi connectivity index (χ4v) is 2.34. The minimum atomic E-state index is -0.145. The average molecular weight is 275 g/mol. The molecule has 0 aliphatic carbocycles. The molecule has 0 unspecified atom stereocenters. The highest BCUT2D eigenvalue weighted by Crippen LogP contribution is 2.26. The number of nitrogens with zero attached hydrogens (tertiary/aromatic N) is 1. The summed E-state index contributed by atoms with van der Waals surface area (Å²) in [5.74, 6) is -0.262. The van der Waals surface area contributed by atoms with E-state index in [4.69, 9.17) is 0 Å². The molecule has 2 rings (SSSR count). The number of carbonyl (C=O) groups excluding carboxylic acids is 2. The first kappa shape index (κ1) is 13.2. The van der Waals surface area contributed by atoms with E-state index in [1.54, 1.807) is 0 Å². The molecular weight excluding hydrogens is 262 g/mol. The molecule has 1 aromatic heterocycles. The average Bonchev–Trinajstić information content (AvgIpc) is 2.76. The molecule has 0 aliphatic rings. The van der Waals surface area contributed by atoms with Crippen LogP contribution in [0.4, 0.5) is 10.8 Å². The van der Waals surface area contributed by atoms with Crippen LogP contribution < -0.4 is 10.6 Å². The van der Waals surface area contributed by atoms with Gasteiger partial charge in [-0.25, -0.2) is 4.98 Å². The van der Waals surface area contributed by atoms with Gasteiger partial charge in [0.1, 0.15) is 0 Å². The first-order valence-corrected chi connectivity index (χ1v) is 6.53. The van der Waals surface area contributed by atoms with Crippen LogP contribution in [0.25, 0.3) is 11.3 Å². The molecule has 0 aliphatic heterocycles. The summed E-state index contributed by atoms with van der Waals surface area (Å²) in [7, 11) is 0. The molecule has 1 heterocycles. The molecule has 0 bridgehead atoms. The number of hydrogen-bond acceptors (Lipinski definition) is 4. The number of amides is 2. The first-order chi connectivity index (χ1) is 9.04. The maximum atomic E-state index is 11.0. The van der Waals surface area contributed by atoms with Gasteiger partial charge < -0.3 is 10.6 Å². The van der Waals surface area contributed by atoms with Gasteiger partial charge in [-0.15, -0.1) is 11.3 Å². The van der Waals surface area contributed by atoms with Crippen LogP contribution in [0.5, 0.6) is 0 Å². The monoisotopic (exact) mass is 275 g/mol. The topological polar surface area (TPSA) is 71.1 Å².